The van der Waals surface area contributed by atoms with E-state index in [-0.39, 0.29) is 11.9 Å². The molecule has 1 atom stereocenters. The lowest BCUT2D eigenvalue weighted by Crippen LogP contribution is -2.37. The number of benzene rings is 1. The van der Waals surface area contributed by atoms with Crippen molar-refractivity contribution in [3.8, 4) is 16.7 Å². The molecule has 0 aliphatic carbocycles. The minimum Gasteiger partial charge on any atom is -0.494 e. The number of anilines is 1. The van der Waals surface area contributed by atoms with Gasteiger partial charge in [0.1, 0.15) is 17.3 Å². The fourth-order valence-corrected chi connectivity index (χ4v) is 4.36. The molecule has 1 saturated heterocycles. The van der Waals surface area contributed by atoms with E-state index in [1.807, 2.05) is 38.1 Å². The SMILES string of the molecule is CCCOc1ccc(Oc2ncc(C=C[C@H](C)NC(=O)c3ccnc(N4CCOCC4)c3)s2)c(Cl)c1. The van der Waals surface area contributed by atoms with E-state index >= 15 is 0 Å². The Morgan fingerprint density at radius 1 is 1.28 bits per heavy atom. The van der Waals surface area contributed by atoms with Gasteiger partial charge >= 0.3 is 0 Å². The van der Waals surface area contributed by atoms with Gasteiger partial charge in [-0.15, -0.1) is 0 Å². The molecule has 36 heavy (non-hydrogen) atoms. The molecule has 3 heterocycles. The van der Waals surface area contributed by atoms with Gasteiger partial charge in [0.2, 0.25) is 0 Å². The molecule has 1 amide bonds. The van der Waals surface area contributed by atoms with Crippen LogP contribution in [-0.4, -0.2) is 54.8 Å². The van der Waals surface area contributed by atoms with Crippen LogP contribution in [0.15, 0.2) is 48.8 Å². The second-order valence-electron chi connectivity index (χ2n) is 8.19. The zero-order valence-corrected chi connectivity index (χ0v) is 21.8. The summed E-state index contributed by atoms with van der Waals surface area (Å²) in [6, 6.07) is 8.67. The van der Waals surface area contributed by atoms with Gasteiger partial charge in [-0.2, -0.15) is 0 Å². The monoisotopic (exact) mass is 528 g/mol. The van der Waals surface area contributed by atoms with Crippen molar-refractivity contribution in [2.45, 2.75) is 26.3 Å². The number of hydrogen-bond acceptors (Lipinski definition) is 8. The molecule has 8 nitrogen and oxygen atoms in total. The molecule has 1 aliphatic rings. The quantitative estimate of drug-likeness (QED) is 0.375. The van der Waals surface area contributed by atoms with Crippen molar-refractivity contribution in [3.05, 3.63) is 64.3 Å². The summed E-state index contributed by atoms with van der Waals surface area (Å²) in [6.45, 7) is 7.46. The highest BCUT2D eigenvalue weighted by Crippen LogP contribution is 2.34. The number of amides is 1. The first kappa shape index (κ1) is 25.9. The Labute approximate surface area is 219 Å². The third-order valence-corrected chi connectivity index (χ3v) is 6.46. The fourth-order valence-electron chi connectivity index (χ4n) is 3.46. The molecule has 0 saturated carbocycles. The minimum atomic E-state index is -0.186. The largest absolute Gasteiger partial charge is 0.494 e. The summed E-state index contributed by atoms with van der Waals surface area (Å²) in [7, 11) is 0. The van der Waals surface area contributed by atoms with Crippen LogP contribution in [0.3, 0.4) is 0 Å². The lowest BCUT2D eigenvalue weighted by molar-refractivity contribution is 0.0947. The van der Waals surface area contributed by atoms with Crippen LogP contribution >= 0.6 is 22.9 Å². The molecule has 1 aliphatic heterocycles. The molecular weight excluding hydrogens is 500 g/mol. The lowest BCUT2D eigenvalue weighted by Gasteiger charge is -2.27. The number of pyridine rings is 1. The molecule has 0 bridgehead atoms. The smallest absolute Gasteiger partial charge is 0.279 e. The molecule has 10 heteroatoms. The molecule has 0 unspecified atom stereocenters. The number of carbonyl (C=O) groups excluding carboxylic acids is 1. The molecule has 0 radical (unpaired) electrons. The predicted molar refractivity (Wildman–Crippen MR) is 143 cm³/mol. The van der Waals surface area contributed by atoms with Crippen LogP contribution in [-0.2, 0) is 4.74 Å². The van der Waals surface area contributed by atoms with Crippen molar-refractivity contribution in [1.29, 1.82) is 0 Å². The van der Waals surface area contributed by atoms with E-state index in [0.29, 0.717) is 47.1 Å². The fraction of sp³-hybridized carbons (Fsp3) is 0.346. The Bertz CT molecular complexity index is 1200. The van der Waals surface area contributed by atoms with Gasteiger partial charge < -0.3 is 24.4 Å². The van der Waals surface area contributed by atoms with Crippen LogP contribution in [0.25, 0.3) is 6.08 Å². The highest BCUT2D eigenvalue weighted by Gasteiger charge is 2.15. The summed E-state index contributed by atoms with van der Waals surface area (Å²) in [4.78, 5) is 24.5. The molecule has 1 N–H and O–H groups in total. The molecule has 1 aromatic carbocycles. The number of nitrogens with one attached hydrogen (secondary N) is 1. The van der Waals surface area contributed by atoms with Crippen molar-refractivity contribution in [2.75, 3.05) is 37.8 Å². The molecule has 4 rings (SSSR count). The van der Waals surface area contributed by atoms with Gasteiger partial charge in [0.15, 0.2) is 0 Å². The summed E-state index contributed by atoms with van der Waals surface area (Å²) in [5.41, 5.74) is 0.572. The number of morpholine rings is 1. The number of carbonyl (C=O) groups is 1. The summed E-state index contributed by atoms with van der Waals surface area (Å²) in [5, 5.41) is 3.93. The van der Waals surface area contributed by atoms with E-state index in [9.17, 15) is 4.79 Å². The lowest BCUT2D eigenvalue weighted by atomic mass is 10.2. The van der Waals surface area contributed by atoms with E-state index in [1.54, 1.807) is 30.6 Å². The molecule has 2 aromatic heterocycles. The Morgan fingerprint density at radius 3 is 2.89 bits per heavy atom. The topological polar surface area (TPSA) is 85.8 Å². The van der Waals surface area contributed by atoms with E-state index in [1.165, 1.54) is 11.3 Å². The summed E-state index contributed by atoms with van der Waals surface area (Å²) in [6.07, 6.45) is 8.12. The van der Waals surface area contributed by atoms with Crippen molar-refractivity contribution < 1.29 is 19.0 Å². The first-order valence-corrected chi connectivity index (χ1v) is 13.0. The highest BCUT2D eigenvalue weighted by atomic mass is 35.5. The first-order chi connectivity index (χ1) is 17.5. The Morgan fingerprint density at radius 2 is 2.11 bits per heavy atom. The van der Waals surface area contributed by atoms with Gasteiger partial charge in [-0.1, -0.05) is 35.9 Å². The maximum Gasteiger partial charge on any atom is 0.279 e. The molecule has 3 aromatic rings. The van der Waals surface area contributed by atoms with E-state index < -0.39 is 0 Å². The van der Waals surface area contributed by atoms with Crippen LogP contribution in [0.5, 0.6) is 16.7 Å². The van der Waals surface area contributed by atoms with E-state index in [4.69, 9.17) is 25.8 Å². The van der Waals surface area contributed by atoms with Crippen LogP contribution in [0.4, 0.5) is 5.82 Å². The first-order valence-electron chi connectivity index (χ1n) is 11.9. The van der Waals surface area contributed by atoms with Crippen LogP contribution < -0.4 is 19.7 Å². The number of rotatable bonds is 10. The molecule has 0 spiro atoms. The van der Waals surface area contributed by atoms with Gasteiger partial charge in [0.05, 0.1) is 29.7 Å². The zero-order chi connectivity index (χ0) is 25.3. The number of aromatic nitrogens is 2. The van der Waals surface area contributed by atoms with Crippen molar-refractivity contribution >= 4 is 40.7 Å². The average Bonchev–Trinajstić information content (AvgIpc) is 3.35. The number of thiazole rings is 1. The summed E-state index contributed by atoms with van der Waals surface area (Å²) >= 11 is 7.71. The number of hydrogen-bond donors (Lipinski definition) is 1. The Balaban J connectivity index is 1.31. The third-order valence-electron chi connectivity index (χ3n) is 5.33. The van der Waals surface area contributed by atoms with Crippen LogP contribution in [0.1, 0.15) is 35.5 Å². The number of ether oxygens (including phenoxy) is 3. The normalized spacial score (nSPS) is 14.6. The Kier molecular flexibility index (Phi) is 9.16. The van der Waals surface area contributed by atoms with Crippen molar-refractivity contribution in [3.63, 3.8) is 0 Å². The number of nitrogens with zero attached hydrogens (tertiary/aromatic N) is 3. The maximum atomic E-state index is 12.8. The molecular formula is C26H29ClN4O4S. The van der Waals surface area contributed by atoms with E-state index in [2.05, 4.69) is 20.2 Å². The third kappa shape index (κ3) is 7.19. The van der Waals surface area contributed by atoms with Gasteiger partial charge in [-0.05, 0) is 43.7 Å². The standard InChI is InChI=1S/C26H29ClN4O4S/c1-3-12-34-20-5-7-23(22(27)16-20)35-26-29-17-21(36-26)6-4-18(2)30-25(32)19-8-9-28-24(15-19)31-10-13-33-14-11-31/h4-9,15-18H,3,10-14H2,1-2H3,(H,30,32)/t18-/m0/s1. The van der Waals surface area contributed by atoms with Gasteiger partial charge in [-0.3, -0.25) is 4.79 Å². The van der Waals surface area contributed by atoms with Crippen molar-refractivity contribution in [1.82, 2.24) is 15.3 Å². The Hall–Kier alpha value is -3.14. The average molecular weight is 529 g/mol. The second kappa shape index (κ2) is 12.7. The van der Waals surface area contributed by atoms with Crippen LogP contribution in [0, 0.1) is 0 Å². The minimum absolute atomic E-state index is 0.154. The van der Waals surface area contributed by atoms with Crippen LogP contribution in [0.2, 0.25) is 5.02 Å². The van der Waals surface area contributed by atoms with Gasteiger partial charge in [-0.25, -0.2) is 9.97 Å². The van der Waals surface area contributed by atoms with Crippen molar-refractivity contribution in [2.24, 2.45) is 0 Å². The molecule has 1 fully saturated rings. The second-order valence-corrected chi connectivity index (χ2v) is 9.63. The predicted octanol–water partition coefficient (Wildman–Crippen LogP) is 5.44. The highest BCUT2D eigenvalue weighted by molar-refractivity contribution is 7.14. The summed E-state index contributed by atoms with van der Waals surface area (Å²) in [5.74, 6) is 1.85. The molecule has 190 valence electrons. The van der Waals surface area contributed by atoms with Gasteiger partial charge in [0, 0.05) is 43.2 Å². The van der Waals surface area contributed by atoms with Gasteiger partial charge in [0.25, 0.3) is 11.1 Å². The van der Waals surface area contributed by atoms with E-state index in [0.717, 1.165) is 30.2 Å². The zero-order valence-electron chi connectivity index (χ0n) is 20.3. The summed E-state index contributed by atoms with van der Waals surface area (Å²) < 4.78 is 16.8. The number of halogens is 1. The maximum absolute atomic E-state index is 12.8.